The first-order valence-corrected chi connectivity index (χ1v) is 9.49. The van der Waals surface area contributed by atoms with E-state index in [9.17, 15) is 14.4 Å². The van der Waals surface area contributed by atoms with Crippen molar-refractivity contribution in [2.75, 3.05) is 6.54 Å². The fourth-order valence-corrected chi connectivity index (χ4v) is 2.74. The highest BCUT2D eigenvalue weighted by molar-refractivity contribution is 6.00. The smallest absolute Gasteiger partial charge is 0.342 e. The maximum absolute atomic E-state index is 12.9. The number of imide groups is 1. The SMILES string of the molecule is CCNC(=O)NC(=O)C(C)OC(=O)c1cn(-c2ccccc2)nc1-c1ccccc1. The summed E-state index contributed by atoms with van der Waals surface area (Å²) in [6.07, 6.45) is 0.401. The van der Waals surface area contributed by atoms with Gasteiger partial charge in [-0.15, -0.1) is 0 Å². The van der Waals surface area contributed by atoms with E-state index < -0.39 is 24.0 Å². The second kappa shape index (κ2) is 9.51. The number of nitrogens with one attached hydrogen (secondary N) is 2. The molecule has 0 saturated heterocycles. The summed E-state index contributed by atoms with van der Waals surface area (Å²) in [4.78, 5) is 36.5. The number of amides is 3. The normalized spacial score (nSPS) is 11.4. The minimum absolute atomic E-state index is 0.211. The molecule has 3 amide bonds. The van der Waals surface area contributed by atoms with Gasteiger partial charge in [-0.2, -0.15) is 5.10 Å². The minimum Gasteiger partial charge on any atom is -0.449 e. The van der Waals surface area contributed by atoms with E-state index in [4.69, 9.17) is 4.74 Å². The van der Waals surface area contributed by atoms with Crippen molar-refractivity contribution in [1.82, 2.24) is 20.4 Å². The van der Waals surface area contributed by atoms with Crippen molar-refractivity contribution in [3.63, 3.8) is 0 Å². The number of rotatable bonds is 6. The second-order valence-electron chi connectivity index (χ2n) is 6.43. The molecule has 8 heteroatoms. The average molecular weight is 406 g/mol. The molecule has 2 N–H and O–H groups in total. The molecule has 154 valence electrons. The second-order valence-corrected chi connectivity index (χ2v) is 6.43. The maximum atomic E-state index is 12.9. The fourth-order valence-electron chi connectivity index (χ4n) is 2.74. The average Bonchev–Trinajstić information content (AvgIpc) is 3.21. The van der Waals surface area contributed by atoms with Crippen molar-refractivity contribution in [1.29, 1.82) is 0 Å². The number of carbonyl (C=O) groups excluding carboxylic acids is 3. The lowest BCUT2D eigenvalue weighted by atomic mass is 10.1. The van der Waals surface area contributed by atoms with Crippen molar-refractivity contribution in [2.45, 2.75) is 20.0 Å². The van der Waals surface area contributed by atoms with Crippen LogP contribution in [0.5, 0.6) is 0 Å². The lowest BCUT2D eigenvalue weighted by molar-refractivity contribution is -0.127. The van der Waals surface area contributed by atoms with Gasteiger partial charge in [0.25, 0.3) is 5.91 Å². The van der Waals surface area contributed by atoms with Crippen molar-refractivity contribution < 1.29 is 19.1 Å². The van der Waals surface area contributed by atoms with E-state index >= 15 is 0 Å². The Morgan fingerprint density at radius 3 is 2.30 bits per heavy atom. The number of esters is 1. The van der Waals surface area contributed by atoms with Crippen molar-refractivity contribution in [2.24, 2.45) is 0 Å². The molecule has 1 aromatic heterocycles. The third-order valence-electron chi connectivity index (χ3n) is 4.23. The van der Waals surface area contributed by atoms with Crippen LogP contribution in [0.15, 0.2) is 66.9 Å². The van der Waals surface area contributed by atoms with E-state index in [1.807, 2.05) is 60.7 Å². The van der Waals surface area contributed by atoms with Gasteiger partial charge >= 0.3 is 12.0 Å². The first-order chi connectivity index (χ1) is 14.5. The van der Waals surface area contributed by atoms with Crippen LogP contribution in [0.25, 0.3) is 16.9 Å². The Kier molecular flexibility index (Phi) is 6.59. The van der Waals surface area contributed by atoms with Gasteiger partial charge in [0.05, 0.1) is 5.69 Å². The molecule has 2 aromatic carbocycles. The number of hydrogen-bond donors (Lipinski definition) is 2. The Morgan fingerprint density at radius 2 is 1.67 bits per heavy atom. The summed E-state index contributed by atoms with van der Waals surface area (Å²) >= 11 is 0. The highest BCUT2D eigenvalue weighted by atomic mass is 16.5. The minimum atomic E-state index is -1.16. The molecule has 0 saturated carbocycles. The van der Waals surface area contributed by atoms with Crippen LogP contribution < -0.4 is 10.6 Å². The van der Waals surface area contributed by atoms with E-state index in [1.54, 1.807) is 17.8 Å². The standard InChI is InChI=1S/C22H22N4O4/c1-3-23-22(29)24-20(27)15(2)30-21(28)18-14-26(17-12-8-5-9-13-17)25-19(18)16-10-6-4-7-11-16/h4-15H,3H2,1-2H3,(H2,23,24,27,29). The van der Waals surface area contributed by atoms with Crippen LogP contribution in [0.1, 0.15) is 24.2 Å². The van der Waals surface area contributed by atoms with Gasteiger partial charge < -0.3 is 10.1 Å². The molecular weight excluding hydrogens is 384 g/mol. The number of ether oxygens (including phenoxy) is 1. The van der Waals surface area contributed by atoms with Crippen LogP contribution in [0.4, 0.5) is 4.79 Å². The van der Waals surface area contributed by atoms with Gasteiger partial charge in [-0.1, -0.05) is 48.5 Å². The molecule has 1 atom stereocenters. The number of para-hydroxylation sites is 1. The third kappa shape index (κ3) is 4.91. The van der Waals surface area contributed by atoms with E-state index in [0.717, 1.165) is 11.3 Å². The first kappa shape index (κ1) is 20.8. The molecule has 0 aliphatic heterocycles. The molecule has 30 heavy (non-hydrogen) atoms. The first-order valence-electron chi connectivity index (χ1n) is 9.49. The monoisotopic (exact) mass is 406 g/mol. The van der Waals surface area contributed by atoms with Crippen LogP contribution in [0, 0.1) is 0 Å². The zero-order valence-electron chi connectivity index (χ0n) is 16.7. The molecular formula is C22H22N4O4. The lowest BCUT2D eigenvalue weighted by Gasteiger charge is -2.13. The Bertz CT molecular complexity index is 1030. The number of carbonyl (C=O) groups is 3. The topological polar surface area (TPSA) is 102 Å². The highest BCUT2D eigenvalue weighted by Crippen LogP contribution is 2.24. The molecule has 0 spiro atoms. The zero-order chi connectivity index (χ0) is 21.5. The van der Waals surface area contributed by atoms with Gasteiger partial charge in [-0.25, -0.2) is 14.3 Å². The molecule has 1 heterocycles. The summed E-state index contributed by atoms with van der Waals surface area (Å²) in [6, 6.07) is 17.9. The number of nitrogens with zero attached hydrogens (tertiary/aromatic N) is 2. The number of urea groups is 1. The fraction of sp³-hybridized carbons (Fsp3) is 0.182. The van der Waals surface area contributed by atoms with Crippen LogP contribution in [-0.4, -0.2) is 40.3 Å². The molecule has 0 aliphatic rings. The van der Waals surface area contributed by atoms with E-state index in [-0.39, 0.29) is 5.56 Å². The summed E-state index contributed by atoms with van der Waals surface area (Å²) in [5.41, 5.74) is 2.15. The highest BCUT2D eigenvalue weighted by Gasteiger charge is 2.25. The Morgan fingerprint density at radius 1 is 1.03 bits per heavy atom. The quantitative estimate of drug-likeness (QED) is 0.613. The molecule has 0 fully saturated rings. The molecule has 3 rings (SSSR count). The predicted octanol–water partition coefficient (Wildman–Crippen LogP) is 2.93. The zero-order valence-corrected chi connectivity index (χ0v) is 16.7. The number of hydrogen-bond acceptors (Lipinski definition) is 5. The molecule has 3 aromatic rings. The summed E-state index contributed by atoms with van der Waals surface area (Å²) in [7, 11) is 0. The molecule has 0 bridgehead atoms. The largest absolute Gasteiger partial charge is 0.449 e. The molecule has 0 radical (unpaired) electrons. The summed E-state index contributed by atoms with van der Waals surface area (Å²) in [5, 5.41) is 9.12. The maximum Gasteiger partial charge on any atom is 0.342 e. The Labute approximate surface area is 173 Å². The van der Waals surface area contributed by atoms with Gasteiger partial charge in [-0.05, 0) is 26.0 Å². The summed E-state index contributed by atoms with van der Waals surface area (Å²) < 4.78 is 6.89. The van der Waals surface area contributed by atoms with Crippen LogP contribution in [0.2, 0.25) is 0 Å². The van der Waals surface area contributed by atoms with E-state index in [0.29, 0.717) is 12.2 Å². The van der Waals surface area contributed by atoms with Crippen molar-refractivity contribution >= 4 is 17.9 Å². The molecule has 1 unspecified atom stereocenters. The Balaban J connectivity index is 1.86. The molecule has 0 aliphatic carbocycles. The number of aromatic nitrogens is 2. The summed E-state index contributed by atoms with van der Waals surface area (Å²) in [6.45, 7) is 3.49. The van der Waals surface area contributed by atoms with E-state index in [1.165, 1.54) is 6.92 Å². The van der Waals surface area contributed by atoms with Gasteiger partial charge in [0.2, 0.25) is 0 Å². The van der Waals surface area contributed by atoms with Crippen LogP contribution >= 0.6 is 0 Å². The number of benzene rings is 2. The van der Waals surface area contributed by atoms with Gasteiger partial charge in [0, 0.05) is 18.3 Å². The van der Waals surface area contributed by atoms with Crippen LogP contribution in [-0.2, 0) is 9.53 Å². The lowest BCUT2D eigenvalue weighted by Crippen LogP contribution is -2.44. The summed E-state index contributed by atoms with van der Waals surface area (Å²) in [5.74, 6) is -1.43. The predicted molar refractivity (Wildman–Crippen MR) is 111 cm³/mol. The molecule has 8 nitrogen and oxygen atoms in total. The third-order valence-corrected chi connectivity index (χ3v) is 4.23. The Hall–Kier alpha value is -3.94. The van der Waals surface area contributed by atoms with Crippen molar-refractivity contribution in [3.05, 3.63) is 72.4 Å². The van der Waals surface area contributed by atoms with Crippen molar-refractivity contribution in [3.8, 4) is 16.9 Å². The van der Waals surface area contributed by atoms with Gasteiger partial charge in [0.15, 0.2) is 6.10 Å². The van der Waals surface area contributed by atoms with Gasteiger partial charge in [0.1, 0.15) is 11.3 Å². The van der Waals surface area contributed by atoms with Crippen LogP contribution in [0.3, 0.4) is 0 Å². The van der Waals surface area contributed by atoms with Gasteiger partial charge in [-0.3, -0.25) is 10.1 Å². The van der Waals surface area contributed by atoms with E-state index in [2.05, 4.69) is 15.7 Å².